The molecule has 0 unspecified atom stereocenters. The molecule has 0 aliphatic carbocycles. The van der Waals surface area contributed by atoms with Crippen LogP contribution < -0.4 is 10.6 Å². The Labute approximate surface area is 84.0 Å². The predicted molar refractivity (Wildman–Crippen MR) is 51.2 cm³/mol. The summed E-state index contributed by atoms with van der Waals surface area (Å²) in [7, 11) is 0. The fourth-order valence-corrected chi connectivity index (χ4v) is 1.28. The van der Waals surface area contributed by atoms with Gasteiger partial charge in [-0.15, -0.1) is 11.3 Å². The standard InChI is InChI=1S/C7H9N3O3S/c11-5(3-8-4-6(12)13)10-7-9-1-2-14-7/h1-2,8H,3-4H2,(H,12,13)(H,9,10,11). The third kappa shape index (κ3) is 3.97. The minimum Gasteiger partial charge on any atom is -0.480 e. The second kappa shape index (κ2) is 5.30. The number of thiazole rings is 1. The highest BCUT2D eigenvalue weighted by Gasteiger charge is 2.04. The Morgan fingerprint density at radius 2 is 2.29 bits per heavy atom. The molecule has 14 heavy (non-hydrogen) atoms. The molecule has 0 aromatic carbocycles. The molecular weight excluding hydrogens is 206 g/mol. The first-order valence-electron chi connectivity index (χ1n) is 3.80. The van der Waals surface area contributed by atoms with E-state index in [0.29, 0.717) is 5.13 Å². The van der Waals surface area contributed by atoms with Crippen molar-refractivity contribution in [1.29, 1.82) is 0 Å². The monoisotopic (exact) mass is 215 g/mol. The summed E-state index contributed by atoms with van der Waals surface area (Å²) in [6.07, 6.45) is 1.57. The summed E-state index contributed by atoms with van der Waals surface area (Å²) in [5.41, 5.74) is 0. The molecular formula is C7H9N3O3S. The van der Waals surface area contributed by atoms with Crippen LogP contribution in [0.5, 0.6) is 0 Å². The summed E-state index contributed by atoms with van der Waals surface area (Å²) in [6.45, 7) is -0.267. The van der Waals surface area contributed by atoms with Crippen molar-refractivity contribution in [2.75, 3.05) is 18.4 Å². The largest absolute Gasteiger partial charge is 0.480 e. The van der Waals surface area contributed by atoms with Crippen LogP contribution in [0.3, 0.4) is 0 Å². The van der Waals surface area contributed by atoms with Gasteiger partial charge in [0.1, 0.15) is 0 Å². The molecule has 6 nitrogen and oxygen atoms in total. The molecule has 3 N–H and O–H groups in total. The number of nitrogens with zero attached hydrogens (tertiary/aromatic N) is 1. The molecule has 0 fully saturated rings. The summed E-state index contributed by atoms with van der Waals surface area (Å²) >= 11 is 1.30. The van der Waals surface area contributed by atoms with Gasteiger partial charge in [0.15, 0.2) is 5.13 Å². The van der Waals surface area contributed by atoms with Gasteiger partial charge in [-0.25, -0.2) is 4.98 Å². The minimum atomic E-state index is -0.993. The van der Waals surface area contributed by atoms with Crippen molar-refractivity contribution in [1.82, 2.24) is 10.3 Å². The molecule has 1 heterocycles. The van der Waals surface area contributed by atoms with Gasteiger partial charge in [-0.3, -0.25) is 14.9 Å². The molecule has 0 bridgehead atoms. The number of carboxylic acid groups (broad SMARTS) is 1. The fraction of sp³-hybridized carbons (Fsp3) is 0.286. The summed E-state index contributed by atoms with van der Waals surface area (Å²) in [6, 6.07) is 0. The Balaban J connectivity index is 2.20. The third-order valence-electron chi connectivity index (χ3n) is 1.24. The van der Waals surface area contributed by atoms with Gasteiger partial charge < -0.3 is 10.4 Å². The molecule has 0 spiro atoms. The van der Waals surface area contributed by atoms with Crippen LogP contribution in [0.25, 0.3) is 0 Å². The Morgan fingerprint density at radius 1 is 1.50 bits per heavy atom. The van der Waals surface area contributed by atoms with Crippen LogP contribution in [0.2, 0.25) is 0 Å². The van der Waals surface area contributed by atoms with Crippen molar-refractivity contribution in [2.24, 2.45) is 0 Å². The second-order valence-corrected chi connectivity index (χ2v) is 3.28. The van der Waals surface area contributed by atoms with E-state index < -0.39 is 5.97 Å². The van der Waals surface area contributed by atoms with Gasteiger partial charge in [0, 0.05) is 11.6 Å². The summed E-state index contributed by atoms with van der Waals surface area (Å²) in [5, 5.41) is 15.5. The average Bonchev–Trinajstić information content (AvgIpc) is 2.56. The van der Waals surface area contributed by atoms with Gasteiger partial charge in [-0.2, -0.15) is 0 Å². The van der Waals surface area contributed by atoms with E-state index in [-0.39, 0.29) is 19.0 Å². The topological polar surface area (TPSA) is 91.3 Å². The Morgan fingerprint density at radius 3 is 2.86 bits per heavy atom. The SMILES string of the molecule is O=C(O)CNCC(=O)Nc1nccs1. The van der Waals surface area contributed by atoms with E-state index in [9.17, 15) is 9.59 Å². The van der Waals surface area contributed by atoms with Gasteiger partial charge in [-0.05, 0) is 0 Å². The van der Waals surface area contributed by atoms with Crippen molar-refractivity contribution in [3.8, 4) is 0 Å². The van der Waals surface area contributed by atoms with E-state index in [2.05, 4.69) is 15.6 Å². The van der Waals surface area contributed by atoms with E-state index in [0.717, 1.165) is 0 Å². The lowest BCUT2D eigenvalue weighted by Gasteiger charge is -2.01. The number of aliphatic carboxylic acids is 1. The van der Waals surface area contributed by atoms with Crippen molar-refractivity contribution >= 4 is 28.3 Å². The van der Waals surface area contributed by atoms with Gasteiger partial charge in [-0.1, -0.05) is 0 Å². The van der Waals surface area contributed by atoms with Crippen LogP contribution in [-0.2, 0) is 9.59 Å². The molecule has 0 radical (unpaired) electrons. The first-order chi connectivity index (χ1) is 6.68. The highest BCUT2D eigenvalue weighted by atomic mass is 32.1. The van der Waals surface area contributed by atoms with Crippen molar-refractivity contribution in [3.63, 3.8) is 0 Å². The fourth-order valence-electron chi connectivity index (χ4n) is 0.732. The zero-order valence-corrected chi connectivity index (χ0v) is 8.00. The highest BCUT2D eigenvalue weighted by Crippen LogP contribution is 2.09. The van der Waals surface area contributed by atoms with E-state index in [1.807, 2.05) is 0 Å². The maximum Gasteiger partial charge on any atom is 0.317 e. The normalized spacial score (nSPS) is 9.71. The average molecular weight is 215 g/mol. The van der Waals surface area contributed by atoms with Crippen LogP contribution in [-0.4, -0.2) is 35.1 Å². The van der Waals surface area contributed by atoms with Crippen molar-refractivity contribution in [2.45, 2.75) is 0 Å². The number of nitrogens with one attached hydrogen (secondary N) is 2. The van der Waals surface area contributed by atoms with E-state index in [1.165, 1.54) is 11.3 Å². The number of carbonyl (C=O) groups is 2. The van der Waals surface area contributed by atoms with Gasteiger partial charge in [0.05, 0.1) is 13.1 Å². The van der Waals surface area contributed by atoms with Crippen molar-refractivity contribution < 1.29 is 14.7 Å². The number of hydrogen-bond acceptors (Lipinski definition) is 5. The lowest BCUT2D eigenvalue weighted by Crippen LogP contribution is -2.31. The molecule has 1 aromatic rings. The number of rotatable bonds is 5. The van der Waals surface area contributed by atoms with Crippen molar-refractivity contribution in [3.05, 3.63) is 11.6 Å². The molecule has 7 heteroatoms. The van der Waals surface area contributed by atoms with Crippen LogP contribution in [0, 0.1) is 0 Å². The maximum atomic E-state index is 11.1. The smallest absolute Gasteiger partial charge is 0.317 e. The number of carbonyl (C=O) groups excluding carboxylic acids is 1. The molecule has 0 aliphatic heterocycles. The van der Waals surface area contributed by atoms with Crippen LogP contribution in [0.15, 0.2) is 11.6 Å². The molecule has 0 aliphatic rings. The Bertz CT molecular complexity index is 312. The molecule has 1 rings (SSSR count). The number of anilines is 1. The van der Waals surface area contributed by atoms with E-state index in [1.54, 1.807) is 11.6 Å². The lowest BCUT2D eigenvalue weighted by atomic mass is 10.5. The van der Waals surface area contributed by atoms with E-state index in [4.69, 9.17) is 5.11 Å². The van der Waals surface area contributed by atoms with Crippen LogP contribution in [0.1, 0.15) is 0 Å². The molecule has 1 aromatic heterocycles. The summed E-state index contributed by atoms with van der Waals surface area (Å²) in [4.78, 5) is 25.0. The number of hydrogen-bond donors (Lipinski definition) is 3. The number of carboxylic acids is 1. The van der Waals surface area contributed by atoms with E-state index >= 15 is 0 Å². The zero-order valence-electron chi connectivity index (χ0n) is 7.19. The van der Waals surface area contributed by atoms with Crippen LogP contribution >= 0.6 is 11.3 Å². The third-order valence-corrected chi connectivity index (χ3v) is 1.93. The Kier molecular flexibility index (Phi) is 4.02. The van der Waals surface area contributed by atoms with Gasteiger partial charge in [0.2, 0.25) is 5.91 Å². The predicted octanol–water partition coefficient (Wildman–Crippen LogP) is -0.244. The molecule has 1 amide bonds. The summed E-state index contributed by atoms with van der Waals surface area (Å²) < 4.78 is 0. The quantitative estimate of drug-likeness (QED) is 0.630. The molecule has 0 saturated carbocycles. The first kappa shape index (κ1) is 10.6. The Hall–Kier alpha value is -1.47. The number of aromatic nitrogens is 1. The highest BCUT2D eigenvalue weighted by molar-refractivity contribution is 7.13. The zero-order chi connectivity index (χ0) is 10.4. The number of amides is 1. The molecule has 0 atom stereocenters. The summed E-state index contributed by atoms with van der Waals surface area (Å²) in [5.74, 6) is -1.30. The van der Waals surface area contributed by atoms with Crippen LogP contribution in [0.4, 0.5) is 5.13 Å². The second-order valence-electron chi connectivity index (χ2n) is 2.38. The lowest BCUT2D eigenvalue weighted by molar-refractivity contribution is -0.135. The van der Waals surface area contributed by atoms with Gasteiger partial charge >= 0.3 is 5.97 Å². The maximum absolute atomic E-state index is 11.1. The van der Waals surface area contributed by atoms with Gasteiger partial charge in [0.25, 0.3) is 0 Å². The first-order valence-corrected chi connectivity index (χ1v) is 4.68. The molecule has 76 valence electrons. The minimum absolute atomic E-state index is 0.0358. The molecule has 0 saturated heterocycles.